The highest BCUT2D eigenvalue weighted by Gasteiger charge is 2.48. The van der Waals surface area contributed by atoms with E-state index in [0.717, 1.165) is 0 Å². The number of amides is 3. The van der Waals surface area contributed by atoms with Crippen molar-refractivity contribution in [3.63, 3.8) is 0 Å². The van der Waals surface area contributed by atoms with Crippen LogP contribution in [0.4, 0.5) is 10.1 Å². The fourth-order valence-electron chi connectivity index (χ4n) is 3.57. The molecule has 1 atom stereocenters. The Labute approximate surface area is 175 Å². The van der Waals surface area contributed by atoms with E-state index in [9.17, 15) is 18.8 Å². The van der Waals surface area contributed by atoms with E-state index in [1.807, 2.05) is 6.92 Å². The van der Waals surface area contributed by atoms with Crippen LogP contribution in [0.1, 0.15) is 25.3 Å². The molecule has 0 spiro atoms. The number of imide groups is 1. The fraction of sp³-hybridized carbons (Fsp3) is 0.286. The Morgan fingerprint density at radius 1 is 1.37 bits per heavy atom. The summed E-state index contributed by atoms with van der Waals surface area (Å²) in [5, 5.41) is 5.36. The molecule has 4 N–H and O–H groups in total. The zero-order chi connectivity index (χ0) is 21.9. The second-order valence-corrected chi connectivity index (χ2v) is 7.55. The van der Waals surface area contributed by atoms with Gasteiger partial charge >= 0.3 is 0 Å². The van der Waals surface area contributed by atoms with Gasteiger partial charge in [-0.1, -0.05) is 12.2 Å². The highest BCUT2D eigenvalue weighted by Crippen LogP contribution is 2.32. The summed E-state index contributed by atoms with van der Waals surface area (Å²) in [7, 11) is 1.67. The van der Waals surface area contributed by atoms with Crippen molar-refractivity contribution in [1.82, 2.24) is 15.5 Å². The number of nitrogens with zero attached hydrogens (tertiary/aromatic N) is 1. The smallest absolute Gasteiger partial charge is 0.254 e. The van der Waals surface area contributed by atoms with Crippen LogP contribution in [0.2, 0.25) is 0 Å². The van der Waals surface area contributed by atoms with Crippen molar-refractivity contribution in [2.45, 2.75) is 31.7 Å². The molecule has 0 aromatic heterocycles. The van der Waals surface area contributed by atoms with Gasteiger partial charge in [-0.3, -0.25) is 19.7 Å². The van der Waals surface area contributed by atoms with E-state index < -0.39 is 11.3 Å². The molecule has 0 aliphatic carbocycles. The van der Waals surface area contributed by atoms with Gasteiger partial charge in [-0.25, -0.2) is 4.39 Å². The minimum absolute atomic E-state index is 0.173. The van der Waals surface area contributed by atoms with Crippen LogP contribution in [0.25, 0.3) is 0 Å². The molecule has 9 heteroatoms. The summed E-state index contributed by atoms with van der Waals surface area (Å²) in [6.07, 6.45) is 7.32. The molecule has 3 rings (SSSR count). The number of carbonyl (C=O) groups is 3. The number of hydrogen-bond donors (Lipinski definition) is 3. The van der Waals surface area contributed by atoms with Crippen molar-refractivity contribution in [3.05, 3.63) is 65.2 Å². The third kappa shape index (κ3) is 4.15. The Bertz CT molecular complexity index is 988. The molecular formula is C21H24BFN4O3. The molecule has 3 amide bonds. The summed E-state index contributed by atoms with van der Waals surface area (Å²) < 4.78 is 13.9. The number of nitrogens with one attached hydrogen (secondary N) is 2. The van der Waals surface area contributed by atoms with Gasteiger partial charge in [-0.15, -0.1) is 0 Å². The number of hydrogen-bond acceptors (Lipinski definition) is 5. The number of benzene rings is 1. The summed E-state index contributed by atoms with van der Waals surface area (Å²) in [5.41, 5.74) is 6.59. The lowest BCUT2D eigenvalue weighted by Crippen LogP contribution is -2.63. The lowest BCUT2D eigenvalue weighted by atomic mass is 9.70. The van der Waals surface area contributed by atoms with E-state index >= 15 is 0 Å². The lowest BCUT2D eigenvalue weighted by Gasteiger charge is -2.39. The van der Waals surface area contributed by atoms with Crippen LogP contribution >= 0.6 is 0 Å². The maximum Gasteiger partial charge on any atom is 0.254 e. The molecule has 7 nitrogen and oxygen atoms in total. The molecule has 2 heterocycles. The summed E-state index contributed by atoms with van der Waals surface area (Å²) in [6.45, 7) is 2.23. The highest BCUT2D eigenvalue weighted by molar-refractivity contribution is 6.32. The molecule has 156 valence electrons. The van der Waals surface area contributed by atoms with Crippen LogP contribution < -0.4 is 16.4 Å². The maximum atomic E-state index is 13.9. The lowest BCUT2D eigenvalue weighted by molar-refractivity contribution is -0.145. The number of likely N-dealkylation sites (tertiary alicyclic amines) is 1. The van der Waals surface area contributed by atoms with Gasteiger partial charge in [0.1, 0.15) is 13.7 Å². The van der Waals surface area contributed by atoms with Crippen molar-refractivity contribution in [3.8, 4) is 0 Å². The van der Waals surface area contributed by atoms with Crippen molar-refractivity contribution in [2.75, 3.05) is 12.3 Å². The van der Waals surface area contributed by atoms with Crippen LogP contribution in [-0.2, 0) is 20.9 Å². The predicted octanol–water partition coefficient (Wildman–Crippen LogP) is 0.492. The number of nitrogens with two attached hydrogens (primary N) is 1. The quantitative estimate of drug-likeness (QED) is 0.284. The zero-order valence-corrected chi connectivity index (χ0v) is 17.0. The standard InChI is InChI=1S/C21H24BFN4O3/c1-2-3-4-16-14(11-25-10-13-9-15(24)5-6-17(13)23)12-27(19(16)29)21(22)8-7-18(28)26-20(21)30/h2-6,9,11,25H,7-8,10,12,22,24H2,1H3,(H,26,28,30)/b3-2-,14-11+,16-4+. The van der Waals surface area contributed by atoms with Gasteiger partial charge < -0.3 is 16.0 Å². The van der Waals surface area contributed by atoms with Crippen LogP contribution in [-0.4, -0.2) is 42.5 Å². The van der Waals surface area contributed by atoms with Gasteiger partial charge in [-0.05, 0) is 43.2 Å². The van der Waals surface area contributed by atoms with E-state index in [1.165, 1.54) is 17.0 Å². The van der Waals surface area contributed by atoms with Crippen molar-refractivity contribution in [2.24, 2.45) is 0 Å². The SMILES string of the molecule is BC1(N2CC(=C\NCc3cc(N)ccc3F)/C(=C\C=C/C)C2=O)CCC(=O)NC1=O. The number of carbonyl (C=O) groups excluding carboxylic acids is 3. The minimum Gasteiger partial charge on any atom is -0.399 e. The predicted molar refractivity (Wildman–Crippen MR) is 114 cm³/mol. The zero-order valence-electron chi connectivity index (χ0n) is 17.0. The number of halogens is 1. The van der Waals surface area contributed by atoms with E-state index in [-0.39, 0.29) is 43.6 Å². The normalized spacial score (nSPS) is 24.9. The average Bonchev–Trinajstić information content (AvgIpc) is 3.02. The third-order valence-electron chi connectivity index (χ3n) is 5.42. The first-order valence-corrected chi connectivity index (χ1v) is 9.72. The van der Waals surface area contributed by atoms with Gasteiger partial charge in [0.25, 0.3) is 5.91 Å². The van der Waals surface area contributed by atoms with E-state index in [1.54, 1.807) is 38.3 Å². The monoisotopic (exact) mass is 410 g/mol. The molecule has 1 unspecified atom stereocenters. The molecule has 0 bridgehead atoms. The first-order chi connectivity index (χ1) is 14.3. The molecular weight excluding hydrogens is 386 g/mol. The average molecular weight is 410 g/mol. The van der Waals surface area contributed by atoms with Gasteiger partial charge in [0, 0.05) is 42.5 Å². The first-order valence-electron chi connectivity index (χ1n) is 9.72. The van der Waals surface area contributed by atoms with Gasteiger partial charge in [-0.2, -0.15) is 0 Å². The summed E-state index contributed by atoms with van der Waals surface area (Å²) in [5.74, 6) is -1.48. The number of rotatable bonds is 5. The molecule has 2 saturated heterocycles. The molecule has 2 fully saturated rings. The third-order valence-corrected chi connectivity index (χ3v) is 5.42. The van der Waals surface area contributed by atoms with Crippen molar-refractivity contribution in [1.29, 1.82) is 0 Å². The molecule has 0 saturated carbocycles. The van der Waals surface area contributed by atoms with Crippen molar-refractivity contribution >= 4 is 31.3 Å². The number of allylic oxidation sites excluding steroid dienone is 3. The Kier molecular flexibility index (Phi) is 6.10. The van der Waals surface area contributed by atoms with Gasteiger partial charge in [0.15, 0.2) is 0 Å². The largest absolute Gasteiger partial charge is 0.399 e. The van der Waals surface area contributed by atoms with Crippen LogP contribution in [0.3, 0.4) is 0 Å². The number of anilines is 1. The van der Waals surface area contributed by atoms with E-state index in [0.29, 0.717) is 22.4 Å². The molecule has 1 aromatic carbocycles. The maximum absolute atomic E-state index is 13.9. The van der Waals surface area contributed by atoms with Gasteiger partial charge in [0.2, 0.25) is 11.8 Å². The Balaban J connectivity index is 1.84. The fourth-order valence-corrected chi connectivity index (χ4v) is 3.57. The second-order valence-electron chi connectivity index (χ2n) is 7.55. The van der Waals surface area contributed by atoms with E-state index in [2.05, 4.69) is 10.6 Å². The van der Waals surface area contributed by atoms with Crippen LogP contribution in [0, 0.1) is 5.82 Å². The minimum atomic E-state index is -1.12. The van der Waals surface area contributed by atoms with E-state index in [4.69, 9.17) is 5.73 Å². The molecule has 2 aliphatic heterocycles. The Morgan fingerprint density at radius 2 is 2.13 bits per heavy atom. The molecule has 0 radical (unpaired) electrons. The summed E-state index contributed by atoms with van der Waals surface area (Å²) >= 11 is 0. The first kappa shape index (κ1) is 21.4. The topological polar surface area (TPSA) is 105 Å². The van der Waals surface area contributed by atoms with Crippen LogP contribution in [0.15, 0.2) is 53.8 Å². The van der Waals surface area contributed by atoms with Gasteiger partial charge in [0.05, 0.1) is 5.44 Å². The highest BCUT2D eigenvalue weighted by atomic mass is 19.1. The number of nitrogen functional groups attached to an aromatic ring is 1. The summed E-state index contributed by atoms with van der Waals surface area (Å²) in [6, 6.07) is 4.35. The summed E-state index contributed by atoms with van der Waals surface area (Å²) in [4.78, 5) is 38.6. The molecule has 2 aliphatic rings. The second kappa shape index (κ2) is 8.56. The molecule has 1 aromatic rings. The molecule has 30 heavy (non-hydrogen) atoms. The Morgan fingerprint density at radius 3 is 2.83 bits per heavy atom. The number of piperidine rings is 1. The van der Waals surface area contributed by atoms with Crippen LogP contribution in [0.5, 0.6) is 0 Å². The Hall–Kier alpha value is -3.36. The van der Waals surface area contributed by atoms with Crippen molar-refractivity contribution < 1.29 is 18.8 Å².